The number of fused-ring (bicyclic) bond motifs is 2. The Hall–Kier alpha value is -2.91. The molecule has 8 heteroatoms. The summed E-state index contributed by atoms with van der Waals surface area (Å²) < 4.78 is 29.3. The van der Waals surface area contributed by atoms with Gasteiger partial charge in [0.2, 0.25) is 18.5 Å². The van der Waals surface area contributed by atoms with Crippen molar-refractivity contribution in [2.75, 3.05) is 6.61 Å². The molecule has 6 unspecified atom stereocenters. The monoisotopic (exact) mass is 425 g/mol. The van der Waals surface area contributed by atoms with Gasteiger partial charge in [-0.3, -0.25) is 4.79 Å². The zero-order valence-electron chi connectivity index (χ0n) is 16.8. The smallest absolute Gasteiger partial charge is 0.223 e. The van der Waals surface area contributed by atoms with Crippen molar-refractivity contribution in [2.24, 2.45) is 0 Å². The van der Waals surface area contributed by atoms with Crippen LogP contribution in [0.4, 0.5) is 0 Å². The molecule has 0 bridgehead atoms. The van der Waals surface area contributed by atoms with Gasteiger partial charge in [0, 0.05) is 12.3 Å². The van der Waals surface area contributed by atoms with E-state index in [1.54, 1.807) is 12.1 Å². The highest BCUT2D eigenvalue weighted by Gasteiger charge is 2.51. The van der Waals surface area contributed by atoms with E-state index in [1.807, 2.05) is 42.5 Å². The van der Waals surface area contributed by atoms with Crippen LogP contribution >= 0.6 is 0 Å². The fraction of sp³-hybridized carbons (Fsp3) is 0.348. The number of amides is 1. The molecule has 2 fully saturated rings. The van der Waals surface area contributed by atoms with Crippen LogP contribution in [0.15, 0.2) is 65.3 Å². The summed E-state index contributed by atoms with van der Waals surface area (Å²) in [5, 5.41) is 15.8. The van der Waals surface area contributed by atoms with Crippen molar-refractivity contribution in [3.05, 3.63) is 66.6 Å². The lowest BCUT2D eigenvalue weighted by molar-refractivity contribution is -0.336. The molecule has 2 aliphatic rings. The number of furan rings is 1. The Balaban J connectivity index is 1.41. The summed E-state index contributed by atoms with van der Waals surface area (Å²) in [5.41, 5.74) is 0. The molecule has 162 valence electrons. The Morgan fingerprint density at radius 1 is 1.10 bits per heavy atom. The molecular formula is C23H23NO7. The van der Waals surface area contributed by atoms with Crippen molar-refractivity contribution < 1.29 is 33.3 Å². The van der Waals surface area contributed by atoms with Gasteiger partial charge in [0.25, 0.3) is 0 Å². The molecule has 0 saturated carbocycles. The Morgan fingerprint density at radius 3 is 2.74 bits per heavy atom. The van der Waals surface area contributed by atoms with Gasteiger partial charge in [-0.15, -0.1) is 0 Å². The molecule has 1 aromatic heterocycles. The first-order valence-corrected chi connectivity index (χ1v) is 10.2. The minimum Gasteiger partial charge on any atom is -0.464 e. The van der Waals surface area contributed by atoms with Crippen LogP contribution < -0.4 is 10.1 Å². The third kappa shape index (κ3) is 3.90. The molecule has 1 amide bonds. The molecule has 2 aromatic carbocycles. The Kier molecular flexibility index (Phi) is 5.37. The van der Waals surface area contributed by atoms with Gasteiger partial charge in [-0.2, -0.15) is 0 Å². The minimum atomic E-state index is -1.08. The quantitative estimate of drug-likeness (QED) is 0.663. The molecule has 2 aliphatic heterocycles. The van der Waals surface area contributed by atoms with E-state index in [0.29, 0.717) is 11.5 Å². The third-order valence-electron chi connectivity index (χ3n) is 5.50. The number of hydrogen-bond acceptors (Lipinski definition) is 7. The molecule has 3 heterocycles. The Bertz CT molecular complexity index is 1050. The van der Waals surface area contributed by atoms with Crippen molar-refractivity contribution in [3.63, 3.8) is 0 Å². The van der Waals surface area contributed by atoms with E-state index in [2.05, 4.69) is 5.32 Å². The lowest BCUT2D eigenvalue weighted by atomic mass is 9.95. The highest BCUT2D eigenvalue weighted by molar-refractivity contribution is 5.88. The molecule has 31 heavy (non-hydrogen) atoms. The van der Waals surface area contributed by atoms with Crippen molar-refractivity contribution in [1.29, 1.82) is 0 Å². The van der Waals surface area contributed by atoms with Crippen LogP contribution in [0.1, 0.15) is 19.0 Å². The second kappa shape index (κ2) is 8.32. The maximum atomic E-state index is 11.9. The van der Waals surface area contributed by atoms with E-state index in [9.17, 15) is 9.90 Å². The van der Waals surface area contributed by atoms with Gasteiger partial charge in [-0.05, 0) is 23.6 Å². The van der Waals surface area contributed by atoms with Crippen LogP contribution in [0.5, 0.6) is 5.75 Å². The van der Waals surface area contributed by atoms with E-state index < -0.39 is 36.9 Å². The second-order valence-electron chi connectivity index (χ2n) is 7.64. The summed E-state index contributed by atoms with van der Waals surface area (Å²) in [7, 11) is 0. The van der Waals surface area contributed by atoms with Crippen LogP contribution in [0.25, 0.3) is 10.8 Å². The fourth-order valence-corrected chi connectivity index (χ4v) is 4.07. The molecule has 0 aliphatic carbocycles. The summed E-state index contributed by atoms with van der Waals surface area (Å²) in [4.78, 5) is 11.9. The number of rotatable bonds is 4. The lowest BCUT2D eigenvalue weighted by Crippen LogP contribution is -2.67. The fourth-order valence-electron chi connectivity index (χ4n) is 4.07. The van der Waals surface area contributed by atoms with Gasteiger partial charge in [0.1, 0.15) is 30.1 Å². The molecule has 0 spiro atoms. The predicted octanol–water partition coefficient (Wildman–Crippen LogP) is 2.52. The SMILES string of the molecule is CC(=O)NC1C(Oc2cccc3ccccc23)OC2COC(c3ccco3)OC2C1O. The van der Waals surface area contributed by atoms with E-state index in [4.69, 9.17) is 23.4 Å². The van der Waals surface area contributed by atoms with E-state index in [-0.39, 0.29) is 12.5 Å². The van der Waals surface area contributed by atoms with Crippen LogP contribution in [0, 0.1) is 0 Å². The number of aliphatic hydroxyl groups is 1. The zero-order valence-corrected chi connectivity index (χ0v) is 16.8. The van der Waals surface area contributed by atoms with Crippen molar-refractivity contribution in [2.45, 2.75) is 43.9 Å². The second-order valence-corrected chi connectivity index (χ2v) is 7.64. The normalized spacial score (nSPS) is 30.5. The van der Waals surface area contributed by atoms with Crippen LogP contribution in [0.3, 0.4) is 0 Å². The number of hydrogen-bond donors (Lipinski definition) is 2. The Labute approximate surface area is 178 Å². The average molecular weight is 425 g/mol. The topological polar surface area (TPSA) is 99.4 Å². The average Bonchev–Trinajstić information content (AvgIpc) is 3.31. The zero-order chi connectivity index (χ0) is 21.4. The summed E-state index contributed by atoms with van der Waals surface area (Å²) in [6.07, 6.45) is -2.56. The van der Waals surface area contributed by atoms with Gasteiger partial charge < -0.3 is 33.8 Å². The number of carbonyl (C=O) groups excluding carboxylic acids is 1. The lowest BCUT2D eigenvalue weighted by Gasteiger charge is -2.47. The molecule has 2 N–H and O–H groups in total. The highest BCUT2D eigenvalue weighted by atomic mass is 16.8. The van der Waals surface area contributed by atoms with Crippen molar-refractivity contribution >= 4 is 16.7 Å². The van der Waals surface area contributed by atoms with Gasteiger partial charge in [0.05, 0.1) is 12.9 Å². The molecule has 8 nitrogen and oxygen atoms in total. The molecule has 3 aromatic rings. The molecule has 2 saturated heterocycles. The summed E-state index contributed by atoms with van der Waals surface area (Å²) >= 11 is 0. The molecule has 0 radical (unpaired) electrons. The van der Waals surface area contributed by atoms with Crippen molar-refractivity contribution in [1.82, 2.24) is 5.32 Å². The number of aliphatic hydroxyl groups excluding tert-OH is 1. The summed E-state index contributed by atoms with van der Waals surface area (Å²) in [6, 6.07) is 16.1. The molecule has 5 rings (SSSR count). The first-order valence-electron chi connectivity index (χ1n) is 10.2. The van der Waals surface area contributed by atoms with Gasteiger partial charge in [0.15, 0.2) is 5.76 Å². The highest BCUT2D eigenvalue weighted by Crippen LogP contribution is 2.36. The number of benzene rings is 2. The van der Waals surface area contributed by atoms with E-state index in [1.165, 1.54) is 13.2 Å². The molecular weight excluding hydrogens is 402 g/mol. The Morgan fingerprint density at radius 2 is 1.94 bits per heavy atom. The van der Waals surface area contributed by atoms with E-state index in [0.717, 1.165) is 10.8 Å². The van der Waals surface area contributed by atoms with E-state index >= 15 is 0 Å². The van der Waals surface area contributed by atoms with Crippen LogP contribution in [0.2, 0.25) is 0 Å². The van der Waals surface area contributed by atoms with Gasteiger partial charge in [-0.1, -0.05) is 36.4 Å². The van der Waals surface area contributed by atoms with Crippen molar-refractivity contribution in [3.8, 4) is 5.75 Å². The number of carbonyl (C=O) groups is 1. The first-order chi connectivity index (χ1) is 15.1. The maximum absolute atomic E-state index is 11.9. The number of ether oxygens (including phenoxy) is 4. The summed E-state index contributed by atoms with van der Waals surface area (Å²) in [5.74, 6) is 0.776. The minimum absolute atomic E-state index is 0.176. The van der Waals surface area contributed by atoms with Crippen LogP contribution in [-0.2, 0) is 19.0 Å². The summed E-state index contributed by atoms with van der Waals surface area (Å²) in [6.45, 7) is 1.56. The standard InChI is InChI=1S/C23H23NO7/c1-13(25)24-19-20(26)21-18(12-28-22(31-21)17-10-5-11-27-17)30-23(19)29-16-9-4-7-14-6-2-3-8-15(14)16/h2-11,18-23,26H,12H2,1H3,(H,24,25). The largest absolute Gasteiger partial charge is 0.464 e. The first kappa shape index (κ1) is 20.0. The van der Waals surface area contributed by atoms with Crippen LogP contribution in [-0.4, -0.2) is 48.3 Å². The maximum Gasteiger partial charge on any atom is 0.223 e. The predicted molar refractivity (Wildman–Crippen MR) is 109 cm³/mol. The molecule has 6 atom stereocenters. The van der Waals surface area contributed by atoms with Gasteiger partial charge in [-0.25, -0.2) is 0 Å². The third-order valence-corrected chi connectivity index (χ3v) is 5.50. The number of nitrogens with one attached hydrogen (secondary N) is 1. The van der Waals surface area contributed by atoms with Gasteiger partial charge >= 0.3 is 0 Å².